The number of hydrogen-bond acceptors (Lipinski definition) is 5. The van der Waals surface area contributed by atoms with Gasteiger partial charge in [0.15, 0.2) is 0 Å². The van der Waals surface area contributed by atoms with E-state index in [1.165, 1.54) is 4.70 Å². The molecular weight excluding hydrogens is 533 g/mol. The summed E-state index contributed by atoms with van der Waals surface area (Å²) in [4.78, 5) is 16.6. The zero-order valence-corrected chi connectivity index (χ0v) is 23.4. The molecule has 0 aliphatic rings. The van der Waals surface area contributed by atoms with E-state index in [2.05, 4.69) is 131 Å². The van der Waals surface area contributed by atoms with Crippen molar-refractivity contribution < 1.29 is 0 Å². The van der Waals surface area contributed by atoms with E-state index in [-0.39, 0.29) is 0 Å². The molecule has 0 aliphatic carbocycles. The summed E-state index contributed by atoms with van der Waals surface area (Å²) in [5.74, 6) is 0. The molecule has 0 unspecified atom stereocenters. The Hall–Kier alpha value is -5.39. The van der Waals surface area contributed by atoms with Gasteiger partial charge in [0, 0.05) is 45.2 Å². The SMILES string of the molecule is c1ccc(N(c2ccc(-c3ccc4cc5ncccc5cc4n3)cc2)c2ccc(-c3nc4ccccc4s3)cc2)cc1. The number of para-hydroxylation sites is 2. The van der Waals surface area contributed by atoms with E-state index in [0.717, 1.165) is 66.2 Å². The molecule has 0 spiro atoms. The second kappa shape index (κ2) is 10.2. The quantitative estimate of drug-likeness (QED) is 0.198. The van der Waals surface area contributed by atoms with Crippen molar-refractivity contribution >= 4 is 60.4 Å². The molecule has 0 atom stereocenters. The number of hydrogen-bond donors (Lipinski definition) is 0. The second-order valence-electron chi connectivity index (χ2n) is 10.2. The molecule has 0 saturated carbocycles. The Morgan fingerprint density at radius 3 is 1.93 bits per heavy atom. The van der Waals surface area contributed by atoms with Gasteiger partial charge in [-0.15, -0.1) is 11.3 Å². The van der Waals surface area contributed by atoms with E-state index >= 15 is 0 Å². The molecular formula is C37H24N4S. The van der Waals surface area contributed by atoms with Gasteiger partial charge < -0.3 is 4.90 Å². The number of aromatic nitrogens is 3. The van der Waals surface area contributed by atoms with Crippen molar-refractivity contribution in [2.75, 3.05) is 4.90 Å². The van der Waals surface area contributed by atoms with Gasteiger partial charge in [-0.2, -0.15) is 0 Å². The van der Waals surface area contributed by atoms with Crippen molar-refractivity contribution in [1.29, 1.82) is 0 Å². The summed E-state index contributed by atoms with van der Waals surface area (Å²) in [5, 5.41) is 3.22. The molecule has 0 aliphatic heterocycles. The molecule has 0 fully saturated rings. The lowest BCUT2D eigenvalue weighted by atomic mass is 10.1. The monoisotopic (exact) mass is 556 g/mol. The molecule has 198 valence electrons. The van der Waals surface area contributed by atoms with Gasteiger partial charge in [-0.05, 0) is 84.9 Å². The first kappa shape index (κ1) is 24.4. The van der Waals surface area contributed by atoms with E-state index < -0.39 is 0 Å². The van der Waals surface area contributed by atoms with Crippen molar-refractivity contribution in [3.8, 4) is 21.8 Å². The Labute approximate surface area is 247 Å². The van der Waals surface area contributed by atoms with Crippen LogP contribution in [0.1, 0.15) is 0 Å². The summed E-state index contributed by atoms with van der Waals surface area (Å²) >= 11 is 1.72. The molecule has 0 N–H and O–H groups in total. The highest BCUT2D eigenvalue weighted by atomic mass is 32.1. The maximum Gasteiger partial charge on any atom is 0.124 e. The maximum atomic E-state index is 4.99. The van der Waals surface area contributed by atoms with Crippen molar-refractivity contribution in [2.45, 2.75) is 0 Å². The Bertz CT molecular complexity index is 2150. The normalized spacial score (nSPS) is 11.3. The predicted molar refractivity (Wildman–Crippen MR) is 176 cm³/mol. The van der Waals surface area contributed by atoms with Crippen LogP contribution in [0.5, 0.6) is 0 Å². The van der Waals surface area contributed by atoms with Crippen molar-refractivity contribution in [2.24, 2.45) is 0 Å². The van der Waals surface area contributed by atoms with Gasteiger partial charge >= 0.3 is 0 Å². The molecule has 8 rings (SSSR count). The summed E-state index contributed by atoms with van der Waals surface area (Å²) < 4.78 is 1.20. The molecule has 0 radical (unpaired) electrons. The van der Waals surface area contributed by atoms with Crippen LogP contribution in [0, 0.1) is 0 Å². The first-order valence-electron chi connectivity index (χ1n) is 13.9. The minimum atomic E-state index is 0.948. The average molecular weight is 557 g/mol. The lowest BCUT2D eigenvalue weighted by Gasteiger charge is -2.25. The van der Waals surface area contributed by atoms with Crippen molar-refractivity contribution in [3.63, 3.8) is 0 Å². The van der Waals surface area contributed by atoms with Crippen LogP contribution in [-0.2, 0) is 0 Å². The molecule has 5 aromatic carbocycles. The molecule has 3 aromatic heterocycles. The molecule has 0 amide bonds. The largest absolute Gasteiger partial charge is 0.311 e. The lowest BCUT2D eigenvalue weighted by molar-refractivity contribution is 1.28. The van der Waals surface area contributed by atoms with Crippen LogP contribution < -0.4 is 4.90 Å². The number of rotatable bonds is 5. The van der Waals surface area contributed by atoms with Gasteiger partial charge in [-0.3, -0.25) is 4.98 Å². The number of anilines is 3. The molecule has 0 saturated heterocycles. The van der Waals surface area contributed by atoms with Gasteiger partial charge in [-0.25, -0.2) is 9.97 Å². The summed E-state index contributed by atoms with van der Waals surface area (Å²) in [6.07, 6.45) is 1.83. The van der Waals surface area contributed by atoms with Gasteiger partial charge in [0.05, 0.1) is 26.9 Å². The highest BCUT2D eigenvalue weighted by molar-refractivity contribution is 7.21. The molecule has 8 aromatic rings. The Morgan fingerprint density at radius 1 is 0.476 bits per heavy atom. The predicted octanol–water partition coefficient (Wildman–Crippen LogP) is 10.2. The van der Waals surface area contributed by atoms with Crippen LogP contribution >= 0.6 is 11.3 Å². The number of benzene rings is 5. The van der Waals surface area contributed by atoms with E-state index in [9.17, 15) is 0 Å². The number of thiazole rings is 1. The summed E-state index contributed by atoms with van der Waals surface area (Å²) in [5.41, 5.74) is 9.40. The first-order chi connectivity index (χ1) is 20.8. The Kier molecular flexibility index (Phi) is 5.94. The molecule has 4 nitrogen and oxygen atoms in total. The first-order valence-corrected chi connectivity index (χ1v) is 14.7. The highest BCUT2D eigenvalue weighted by Crippen LogP contribution is 2.37. The molecule has 3 heterocycles. The Morgan fingerprint density at radius 2 is 1.14 bits per heavy atom. The average Bonchev–Trinajstić information content (AvgIpc) is 3.49. The topological polar surface area (TPSA) is 41.9 Å². The minimum absolute atomic E-state index is 0.948. The number of pyridine rings is 2. The van der Waals surface area contributed by atoms with E-state index in [1.807, 2.05) is 24.4 Å². The summed E-state index contributed by atoms with van der Waals surface area (Å²) in [6.45, 7) is 0. The lowest BCUT2D eigenvalue weighted by Crippen LogP contribution is -2.09. The van der Waals surface area contributed by atoms with Crippen LogP contribution in [0.3, 0.4) is 0 Å². The molecule has 5 heteroatoms. The minimum Gasteiger partial charge on any atom is -0.311 e. The maximum absolute atomic E-state index is 4.99. The smallest absolute Gasteiger partial charge is 0.124 e. The fraction of sp³-hybridized carbons (Fsp3) is 0. The van der Waals surface area contributed by atoms with E-state index in [0.29, 0.717) is 0 Å². The summed E-state index contributed by atoms with van der Waals surface area (Å²) in [7, 11) is 0. The van der Waals surface area contributed by atoms with E-state index in [4.69, 9.17) is 9.97 Å². The zero-order chi connectivity index (χ0) is 27.9. The summed E-state index contributed by atoms with van der Waals surface area (Å²) in [6, 6.07) is 48.5. The standard InChI is InChI=1S/C37H24N4S/c1-2-8-29(9-3-1)41(31-19-14-26(15-20-31)37-40-33-10-4-5-11-36(33)42-37)30-17-12-25(13-18-30)32-21-16-28-23-34-27(7-6-22-38-34)24-35(28)39-32/h1-24H. The van der Waals surface area contributed by atoms with E-state index in [1.54, 1.807) is 11.3 Å². The van der Waals surface area contributed by atoms with Crippen LogP contribution in [0.2, 0.25) is 0 Å². The van der Waals surface area contributed by atoms with Gasteiger partial charge in [0.25, 0.3) is 0 Å². The van der Waals surface area contributed by atoms with Gasteiger partial charge in [-0.1, -0.05) is 54.6 Å². The number of fused-ring (bicyclic) bond motifs is 3. The van der Waals surface area contributed by atoms with Crippen LogP contribution in [0.25, 0.3) is 53.9 Å². The van der Waals surface area contributed by atoms with Gasteiger partial charge in [0.2, 0.25) is 0 Å². The zero-order valence-electron chi connectivity index (χ0n) is 22.6. The highest BCUT2D eigenvalue weighted by Gasteiger charge is 2.14. The molecule has 0 bridgehead atoms. The fourth-order valence-electron chi connectivity index (χ4n) is 5.41. The third kappa shape index (κ3) is 4.46. The van der Waals surface area contributed by atoms with Crippen molar-refractivity contribution in [1.82, 2.24) is 15.0 Å². The van der Waals surface area contributed by atoms with Crippen molar-refractivity contribution in [3.05, 3.63) is 146 Å². The number of nitrogens with zero attached hydrogens (tertiary/aromatic N) is 4. The fourth-order valence-corrected chi connectivity index (χ4v) is 6.38. The second-order valence-corrected chi connectivity index (χ2v) is 11.2. The molecule has 42 heavy (non-hydrogen) atoms. The third-order valence-electron chi connectivity index (χ3n) is 7.52. The van der Waals surface area contributed by atoms with Crippen LogP contribution in [0.4, 0.5) is 17.1 Å². The third-order valence-corrected chi connectivity index (χ3v) is 8.60. The van der Waals surface area contributed by atoms with Gasteiger partial charge in [0.1, 0.15) is 5.01 Å². The Balaban J connectivity index is 1.14. The van der Waals surface area contributed by atoms with Crippen LogP contribution in [0.15, 0.2) is 146 Å². The van der Waals surface area contributed by atoms with Crippen LogP contribution in [-0.4, -0.2) is 15.0 Å².